The van der Waals surface area contributed by atoms with Crippen molar-refractivity contribution in [2.24, 2.45) is 4.99 Å². The Bertz CT molecular complexity index is 1480. The van der Waals surface area contributed by atoms with Crippen LogP contribution in [0, 0.1) is 0 Å². The first kappa shape index (κ1) is 24.9. The molecule has 0 radical (unpaired) electrons. The molecule has 7 heteroatoms. The van der Waals surface area contributed by atoms with Crippen molar-refractivity contribution in [2.75, 3.05) is 34.4 Å². The fourth-order valence-corrected chi connectivity index (χ4v) is 6.29. The SMILES string of the molecule is COc1ccc(/C=C2\CN(C)CC3=C2N=C2SC=C(c4ccc(Cl)cc4)N2[C@H]3c2ccc(OC)cc2)cc1. The van der Waals surface area contributed by atoms with Crippen LogP contribution < -0.4 is 9.47 Å². The van der Waals surface area contributed by atoms with Crippen molar-refractivity contribution in [3.05, 3.63) is 117 Å². The van der Waals surface area contributed by atoms with Gasteiger partial charge in [-0.15, -0.1) is 0 Å². The average molecular weight is 542 g/mol. The molecule has 3 aliphatic heterocycles. The van der Waals surface area contributed by atoms with Crippen LogP contribution in [0.5, 0.6) is 11.5 Å². The van der Waals surface area contributed by atoms with Gasteiger partial charge in [0, 0.05) is 23.5 Å². The van der Waals surface area contributed by atoms with Gasteiger partial charge in [-0.3, -0.25) is 4.90 Å². The minimum Gasteiger partial charge on any atom is -0.497 e. The standard InChI is InChI=1S/C31H28ClN3O2S/c1-34-17-23(16-20-4-12-25(36-2)13-5-20)29-27(18-34)30(22-8-14-26(37-3)15-9-22)35-28(19-38-31(35)33-29)21-6-10-24(32)11-7-21/h4-16,19,30H,17-18H2,1-3H3/b23-16+/t30-/m0/s1. The second-order valence-corrected chi connectivity index (χ2v) is 10.8. The Hall–Kier alpha value is -3.45. The van der Waals surface area contributed by atoms with Crippen molar-refractivity contribution in [2.45, 2.75) is 6.04 Å². The Kier molecular flexibility index (Phi) is 6.78. The predicted molar refractivity (Wildman–Crippen MR) is 158 cm³/mol. The van der Waals surface area contributed by atoms with Crippen LogP contribution in [0.25, 0.3) is 11.8 Å². The van der Waals surface area contributed by atoms with Crippen LogP contribution in [-0.4, -0.2) is 49.3 Å². The molecule has 0 aromatic heterocycles. The zero-order valence-corrected chi connectivity index (χ0v) is 23.1. The van der Waals surface area contributed by atoms with E-state index in [0.717, 1.165) is 57.3 Å². The van der Waals surface area contributed by atoms with Gasteiger partial charge in [-0.25, -0.2) is 4.99 Å². The zero-order valence-electron chi connectivity index (χ0n) is 21.5. The van der Waals surface area contributed by atoms with Gasteiger partial charge < -0.3 is 14.4 Å². The normalized spacial score (nSPS) is 20.2. The molecule has 6 rings (SSSR count). The number of ether oxygens (including phenoxy) is 2. The molecule has 5 nitrogen and oxygen atoms in total. The third kappa shape index (κ3) is 4.64. The summed E-state index contributed by atoms with van der Waals surface area (Å²) in [6.07, 6.45) is 2.25. The first-order chi connectivity index (χ1) is 18.5. The molecule has 3 aromatic rings. The molecular weight excluding hydrogens is 514 g/mol. The summed E-state index contributed by atoms with van der Waals surface area (Å²) in [6.45, 7) is 1.66. The van der Waals surface area contributed by atoms with E-state index in [0.29, 0.717) is 0 Å². The number of likely N-dealkylation sites (N-methyl/N-ethyl adjacent to an activating group) is 1. The van der Waals surface area contributed by atoms with Crippen LogP contribution in [-0.2, 0) is 0 Å². The molecule has 3 heterocycles. The predicted octanol–water partition coefficient (Wildman–Crippen LogP) is 7.10. The second kappa shape index (κ2) is 10.4. The summed E-state index contributed by atoms with van der Waals surface area (Å²) < 4.78 is 10.8. The van der Waals surface area contributed by atoms with E-state index in [2.05, 4.69) is 64.7 Å². The number of aliphatic imine (C=N–C) groups is 1. The van der Waals surface area contributed by atoms with Crippen LogP contribution in [0.2, 0.25) is 5.02 Å². The summed E-state index contributed by atoms with van der Waals surface area (Å²) in [4.78, 5) is 10.0. The molecule has 0 aliphatic carbocycles. The lowest BCUT2D eigenvalue weighted by molar-refractivity contribution is 0.344. The summed E-state index contributed by atoms with van der Waals surface area (Å²) in [6, 6.07) is 24.6. The minimum absolute atomic E-state index is 0.00218. The molecule has 0 N–H and O–H groups in total. The van der Waals surface area contributed by atoms with Crippen LogP contribution in [0.4, 0.5) is 0 Å². The monoisotopic (exact) mass is 541 g/mol. The molecule has 0 saturated carbocycles. The Morgan fingerprint density at radius 2 is 1.55 bits per heavy atom. The summed E-state index contributed by atoms with van der Waals surface area (Å²) in [5.41, 5.74) is 8.17. The first-order valence-corrected chi connectivity index (χ1v) is 13.7. The van der Waals surface area contributed by atoms with Crippen LogP contribution in [0.15, 0.2) is 100 Å². The maximum Gasteiger partial charge on any atom is 0.174 e. The van der Waals surface area contributed by atoms with E-state index in [1.165, 1.54) is 16.7 Å². The van der Waals surface area contributed by atoms with Crippen molar-refractivity contribution >= 4 is 40.3 Å². The second-order valence-electron chi connectivity index (χ2n) is 9.56. The van der Waals surface area contributed by atoms with Gasteiger partial charge in [-0.05, 0) is 77.4 Å². The lowest BCUT2D eigenvalue weighted by atomic mass is 9.88. The van der Waals surface area contributed by atoms with E-state index >= 15 is 0 Å². The number of methoxy groups -OCH3 is 2. The van der Waals surface area contributed by atoms with Crippen molar-refractivity contribution in [3.63, 3.8) is 0 Å². The van der Waals surface area contributed by atoms with Gasteiger partial charge in [-0.1, -0.05) is 59.8 Å². The summed E-state index contributed by atoms with van der Waals surface area (Å²) in [7, 11) is 5.56. The number of benzene rings is 3. The van der Waals surface area contributed by atoms with Crippen LogP contribution >= 0.6 is 23.4 Å². The van der Waals surface area contributed by atoms with E-state index in [9.17, 15) is 0 Å². The van der Waals surface area contributed by atoms with Gasteiger partial charge in [0.25, 0.3) is 0 Å². The number of hydrogen-bond acceptors (Lipinski definition) is 6. The first-order valence-electron chi connectivity index (χ1n) is 12.5. The third-order valence-corrected chi connectivity index (χ3v) is 8.15. The quantitative estimate of drug-likeness (QED) is 0.344. The maximum atomic E-state index is 6.22. The molecule has 3 aromatic carbocycles. The molecule has 0 spiro atoms. The van der Waals surface area contributed by atoms with Crippen molar-refractivity contribution in [1.82, 2.24) is 9.80 Å². The number of fused-ring (bicyclic) bond motifs is 1. The Morgan fingerprint density at radius 1 is 0.895 bits per heavy atom. The number of nitrogens with zero attached hydrogens (tertiary/aromatic N) is 3. The van der Waals surface area contributed by atoms with E-state index in [1.54, 1.807) is 26.0 Å². The van der Waals surface area contributed by atoms with Gasteiger partial charge in [0.2, 0.25) is 0 Å². The van der Waals surface area contributed by atoms with Gasteiger partial charge in [0.1, 0.15) is 11.5 Å². The molecule has 1 atom stereocenters. The van der Waals surface area contributed by atoms with Gasteiger partial charge >= 0.3 is 0 Å². The molecule has 38 heavy (non-hydrogen) atoms. The number of amidine groups is 1. The molecule has 0 amide bonds. The van der Waals surface area contributed by atoms with E-state index < -0.39 is 0 Å². The molecule has 0 bridgehead atoms. The zero-order chi connectivity index (χ0) is 26.2. The third-order valence-electron chi connectivity index (χ3n) is 7.05. The largest absolute Gasteiger partial charge is 0.497 e. The molecule has 192 valence electrons. The molecule has 0 saturated heterocycles. The highest BCUT2D eigenvalue weighted by molar-refractivity contribution is 8.16. The van der Waals surface area contributed by atoms with Gasteiger partial charge in [0.05, 0.1) is 31.7 Å². The lowest BCUT2D eigenvalue weighted by Crippen LogP contribution is -2.40. The van der Waals surface area contributed by atoms with E-state index in [-0.39, 0.29) is 6.04 Å². The summed E-state index contributed by atoms with van der Waals surface area (Å²) in [5, 5.41) is 3.92. The molecule has 3 aliphatic rings. The molecular formula is C31H28ClN3O2S. The summed E-state index contributed by atoms with van der Waals surface area (Å²) in [5.74, 6) is 1.70. The molecule has 0 fully saturated rings. The fraction of sp³-hybridized carbons (Fsp3) is 0.194. The Balaban J connectivity index is 1.48. The number of rotatable bonds is 5. The number of thioether (sulfide) groups is 1. The Morgan fingerprint density at radius 3 is 2.21 bits per heavy atom. The highest BCUT2D eigenvalue weighted by Gasteiger charge is 2.41. The Labute approximate surface area is 232 Å². The van der Waals surface area contributed by atoms with E-state index in [4.69, 9.17) is 26.1 Å². The van der Waals surface area contributed by atoms with Gasteiger partial charge in [-0.2, -0.15) is 0 Å². The maximum absolute atomic E-state index is 6.22. The fourth-order valence-electron chi connectivity index (χ4n) is 5.24. The lowest BCUT2D eigenvalue weighted by Gasteiger charge is -2.42. The van der Waals surface area contributed by atoms with Crippen LogP contribution in [0.3, 0.4) is 0 Å². The smallest absolute Gasteiger partial charge is 0.174 e. The number of halogens is 1. The minimum atomic E-state index is 0.00218. The van der Waals surface area contributed by atoms with Crippen molar-refractivity contribution in [1.29, 1.82) is 0 Å². The molecule has 0 unspecified atom stereocenters. The van der Waals surface area contributed by atoms with E-state index in [1.807, 2.05) is 36.4 Å². The van der Waals surface area contributed by atoms with Crippen molar-refractivity contribution < 1.29 is 9.47 Å². The topological polar surface area (TPSA) is 37.3 Å². The highest BCUT2D eigenvalue weighted by Crippen LogP contribution is 2.49. The average Bonchev–Trinajstić information content (AvgIpc) is 3.36. The van der Waals surface area contributed by atoms with Crippen molar-refractivity contribution in [3.8, 4) is 11.5 Å². The number of hydrogen-bond donors (Lipinski definition) is 0. The summed E-state index contributed by atoms with van der Waals surface area (Å²) >= 11 is 7.89. The highest BCUT2D eigenvalue weighted by atomic mass is 35.5. The van der Waals surface area contributed by atoms with Crippen LogP contribution in [0.1, 0.15) is 22.7 Å². The van der Waals surface area contributed by atoms with Gasteiger partial charge in [0.15, 0.2) is 5.17 Å².